The Morgan fingerprint density at radius 3 is 2.62 bits per heavy atom. The van der Waals surface area contributed by atoms with Crippen LogP contribution in [-0.2, 0) is 4.79 Å². The molecule has 114 valence electrons. The van der Waals surface area contributed by atoms with Crippen molar-refractivity contribution in [3.05, 3.63) is 18.3 Å². The second-order valence-corrected chi connectivity index (χ2v) is 5.99. The van der Waals surface area contributed by atoms with Gasteiger partial charge in [-0.25, -0.2) is 4.98 Å². The fourth-order valence-corrected chi connectivity index (χ4v) is 3.25. The Hall–Kier alpha value is -1.78. The molecule has 5 heteroatoms. The third-order valence-corrected chi connectivity index (χ3v) is 4.49. The summed E-state index contributed by atoms with van der Waals surface area (Å²) < 4.78 is 0. The van der Waals surface area contributed by atoms with Crippen LogP contribution in [0.3, 0.4) is 0 Å². The summed E-state index contributed by atoms with van der Waals surface area (Å²) >= 11 is 0. The summed E-state index contributed by atoms with van der Waals surface area (Å²) in [6, 6.07) is 4.55. The zero-order valence-electron chi connectivity index (χ0n) is 12.7. The minimum absolute atomic E-state index is 0.188. The van der Waals surface area contributed by atoms with Crippen LogP contribution < -0.4 is 10.2 Å². The van der Waals surface area contributed by atoms with Gasteiger partial charge in [0.2, 0.25) is 5.91 Å². The molecule has 0 saturated carbocycles. The largest absolute Gasteiger partial charge is 0.379 e. The molecule has 2 fully saturated rings. The first-order valence-electron chi connectivity index (χ1n) is 7.96. The lowest BCUT2D eigenvalue weighted by atomic mass is 10.0. The second kappa shape index (κ2) is 6.33. The molecular weight excluding hydrogens is 264 g/mol. The van der Waals surface area contributed by atoms with Crippen molar-refractivity contribution in [1.29, 1.82) is 0 Å². The maximum atomic E-state index is 11.4. The summed E-state index contributed by atoms with van der Waals surface area (Å²) in [6.07, 6.45) is 6.40. The first-order valence-corrected chi connectivity index (χ1v) is 7.96. The van der Waals surface area contributed by atoms with E-state index in [-0.39, 0.29) is 5.91 Å². The highest BCUT2D eigenvalue weighted by molar-refractivity contribution is 5.73. The lowest BCUT2D eigenvalue weighted by Crippen LogP contribution is -2.41. The maximum absolute atomic E-state index is 11.4. The summed E-state index contributed by atoms with van der Waals surface area (Å²) in [6.45, 7) is 5.57. The monoisotopic (exact) mass is 288 g/mol. The topological polar surface area (TPSA) is 48.5 Å². The number of pyridine rings is 1. The molecule has 0 aromatic carbocycles. The second-order valence-electron chi connectivity index (χ2n) is 5.99. The molecule has 1 aromatic rings. The highest BCUT2D eigenvalue weighted by atomic mass is 16.2. The minimum Gasteiger partial charge on any atom is -0.379 e. The van der Waals surface area contributed by atoms with Gasteiger partial charge in [0.1, 0.15) is 0 Å². The van der Waals surface area contributed by atoms with Gasteiger partial charge >= 0.3 is 0 Å². The maximum Gasteiger partial charge on any atom is 0.219 e. The molecule has 0 aliphatic carbocycles. The summed E-state index contributed by atoms with van der Waals surface area (Å²) in [5.41, 5.74) is 1.14. The summed E-state index contributed by atoms with van der Waals surface area (Å²) in [7, 11) is 0. The predicted octanol–water partition coefficient (Wildman–Crippen LogP) is 2.10. The number of hydrogen-bond donors (Lipinski definition) is 1. The SMILES string of the molecule is CC(=O)N1CCC(Nc2cccnc2N2CCCC2)CC1. The van der Waals surface area contributed by atoms with Gasteiger partial charge in [0, 0.05) is 45.3 Å². The number of amides is 1. The molecule has 2 aliphatic heterocycles. The van der Waals surface area contributed by atoms with E-state index in [1.165, 1.54) is 12.8 Å². The van der Waals surface area contributed by atoms with Crippen molar-refractivity contribution in [2.45, 2.75) is 38.6 Å². The molecule has 21 heavy (non-hydrogen) atoms. The number of aromatic nitrogens is 1. The Bertz CT molecular complexity index is 491. The van der Waals surface area contributed by atoms with Crippen LogP contribution in [0.5, 0.6) is 0 Å². The van der Waals surface area contributed by atoms with E-state index in [0.717, 1.165) is 50.5 Å². The first kappa shape index (κ1) is 14.2. The van der Waals surface area contributed by atoms with E-state index in [9.17, 15) is 4.79 Å². The Morgan fingerprint density at radius 1 is 1.24 bits per heavy atom. The number of carbonyl (C=O) groups excluding carboxylic acids is 1. The molecule has 3 rings (SSSR count). The van der Waals surface area contributed by atoms with E-state index in [2.05, 4.69) is 21.3 Å². The molecule has 5 nitrogen and oxygen atoms in total. The Balaban J connectivity index is 1.64. The number of anilines is 2. The number of nitrogens with zero attached hydrogens (tertiary/aromatic N) is 3. The van der Waals surface area contributed by atoms with Gasteiger partial charge in [-0.3, -0.25) is 4.79 Å². The third kappa shape index (κ3) is 3.28. The van der Waals surface area contributed by atoms with Crippen LogP contribution in [-0.4, -0.2) is 48.0 Å². The zero-order valence-corrected chi connectivity index (χ0v) is 12.7. The molecule has 0 unspecified atom stereocenters. The van der Waals surface area contributed by atoms with Crippen LogP contribution in [0.25, 0.3) is 0 Å². The molecule has 0 spiro atoms. The van der Waals surface area contributed by atoms with Gasteiger partial charge < -0.3 is 15.1 Å². The number of hydrogen-bond acceptors (Lipinski definition) is 4. The fourth-order valence-electron chi connectivity index (χ4n) is 3.25. The molecule has 1 aromatic heterocycles. The summed E-state index contributed by atoms with van der Waals surface area (Å²) in [5, 5.41) is 3.64. The van der Waals surface area contributed by atoms with Gasteiger partial charge in [-0.05, 0) is 37.8 Å². The average Bonchev–Trinajstić information content (AvgIpc) is 3.02. The van der Waals surface area contributed by atoms with Crippen molar-refractivity contribution >= 4 is 17.4 Å². The van der Waals surface area contributed by atoms with Gasteiger partial charge in [0.05, 0.1) is 5.69 Å². The molecule has 1 N–H and O–H groups in total. The Morgan fingerprint density at radius 2 is 1.95 bits per heavy atom. The van der Waals surface area contributed by atoms with Crippen LogP contribution in [0.1, 0.15) is 32.6 Å². The highest BCUT2D eigenvalue weighted by Gasteiger charge is 2.23. The normalized spacial score (nSPS) is 19.9. The molecule has 2 saturated heterocycles. The number of nitrogens with one attached hydrogen (secondary N) is 1. The van der Waals surface area contributed by atoms with Crippen molar-refractivity contribution in [1.82, 2.24) is 9.88 Å². The van der Waals surface area contributed by atoms with E-state index in [1.807, 2.05) is 17.2 Å². The number of rotatable bonds is 3. The van der Waals surface area contributed by atoms with Crippen molar-refractivity contribution < 1.29 is 4.79 Å². The first-order chi connectivity index (χ1) is 10.2. The predicted molar refractivity (Wildman–Crippen MR) is 84.6 cm³/mol. The summed E-state index contributed by atoms with van der Waals surface area (Å²) in [5.74, 6) is 1.27. The molecule has 0 radical (unpaired) electrons. The van der Waals surface area contributed by atoms with Crippen LogP contribution in [0.2, 0.25) is 0 Å². The van der Waals surface area contributed by atoms with Gasteiger partial charge in [-0.15, -0.1) is 0 Å². The van der Waals surface area contributed by atoms with E-state index in [1.54, 1.807) is 6.92 Å². The van der Waals surface area contributed by atoms with E-state index in [4.69, 9.17) is 0 Å². The number of piperidine rings is 1. The quantitative estimate of drug-likeness (QED) is 0.925. The van der Waals surface area contributed by atoms with Gasteiger partial charge in [0.25, 0.3) is 0 Å². The van der Waals surface area contributed by atoms with Crippen molar-refractivity contribution in [3.63, 3.8) is 0 Å². The van der Waals surface area contributed by atoms with Crippen molar-refractivity contribution in [3.8, 4) is 0 Å². The molecule has 0 atom stereocenters. The van der Waals surface area contributed by atoms with Gasteiger partial charge in [-0.1, -0.05) is 0 Å². The van der Waals surface area contributed by atoms with Crippen molar-refractivity contribution in [2.75, 3.05) is 36.4 Å². The van der Waals surface area contributed by atoms with Crippen LogP contribution in [0.15, 0.2) is 18.3 Å². The highest BCUT2D eigenvalue weighted by Crippen LogP contribution is 2.28. The molecular formula is C16H24N4O. The Kier molecular flexibility index (Phi) is 4.27. The molecule has 2 aliphatic rings. The standard InChI is InChI=1S/C16H24N4O/c1-13(21)19-11-6-14(7-12-19)18-15-5-4-8-17-16(15)20-9-2-3-10-20/h4-5,8,14,18H,2-3,6-7,9-12H2,1H3. The summed E-state index contributed by atoms with van der Waals surface area (Å²) in [4.78, 5) is 20.3. The number of likely N-dealkylation sites (tertiary alicyclic amines) is 1. The molecule has 1 amide bonds. The van der Waals surface area contributed by atoms with Crippen LogP contribution >= 0.6 is 0 Å². The van der Waals surface area contributed by atoms with Gasteiger partial charge in [0.15, 0.2) is 5.82 Å². The average molecular weight is 288 g/mol. The Labute approximate surface area is 126 Å². The van der Waals surface area contributed by atoms with E-state index >= 15 is 0 Å². The fraction of sp³-hybridized carbons (Fsp3) is 0.625. The van der Waals surface area contributed by atoms with E-state index < -0.39 is 0 Å². The van der Waals surface area contributed by atoms with E-state index in [0.29, 0.717) is 6.04 Å². The number of carbonyl (C=O) groups is 1. The van der Waals surface area contributed by atoms with Crippen molar-refractivity contribution in [2.24, 2.45) is 0 Å². The van der Waals surface area contributed by atoms with Crippen LogP contribution in [0.4, 0.5) is 11.5 Å². The lowest BCUT2D eigenvalue weighted by molar-refractivity contribution is -0.129. The smallest absolute Gasteiger partial charge is 0.219 e. The minimum atomic E-state index is 0.188. The molecule has 0 bridgehead atoms. The van der Waals surface area contributed by atoms with Gasteiger partial charge in [-0.2, -0.15) is 0 Å². The third-order valence-electron chi connectivity index (χ3n) is 4.49. The molecule has 3 heterocycles. The lowest BCUT2D eigenvalue weighted by Gasteiger charge is -2.33. The van der Waals surface area contributed by atoms with Crippen LogP contribution in [0, 0.1) is 0 Å². The zero-order chi connectivity index (χ0) is 14.7.